The summed E-state index contributed by atoms with van der Waals surface area (Å²) in [5.74, 6) is -3.54. The van der Waals surface area contributed by atoms with Crippen LogP contribution in [0, 0.1) is 0 Å². The van der Waals surface area contributed by atoms with E-state index in [2.05, 4.69) is 5.32 Å². The molecule has 0 bridgehead atoms. The molecule has 1 unspecified atom stereocenters. The van der Waals surface area contributed by atoms with Crippen LogP contribution in [-0.2, 0) is 15.5 Å². The van der Waals surface area contributed by atoms with Crippen LogP contribution in [0.4, 0.5) is 13.6 Å². The summed E-state index contributed by atoms with van der Waals surface area (Å²) < 4.78 is 46.9. The molecule has 1 fully saturated rings. The van der Waals surface area contributed by atoms with Crippen LogP contribution in [-0.4, -0.2) is 65.6 Å². The number of ether oxygens (including phenoxy) is 3. The number of carbonyl (C=O) groups is 2. The van der Waals surface area contributed by atoms with Crippen LogP contribution in [0.15, 0.2) is 42.5 Å². The minimum atomic E-state index is -3.11. The normalized spacial score (nSPS) is 16.3. The summed E-state index contributed by atoms with van der Waals surface area (Å²) in [4.78, 5) is 27.4. The zero-order valence-electron chi connectivity index (χ0n) is 24.7. The summed E-state index contributed by atoms with van der Waals surface area (Å²) in [6.07, 6.45) is -1.31. The van der Waals surface area contributed by atoms with E-state index < -0.39 is 42.0 Å². The number of aliphatic carboxylic acids is 1. The van der Waals surface area contributed by atoms with E-state index in [1.807, 2.05) is 0 Å². The molecule has 0 radical (unpaired) electrons. The smallest absolute Gasteiger partial charge is 0.329 e. The van der Waals surface area contributed by atoms with Crippen molar-refractivity contribution < 1.29 is 42.8 Å². The van der Waals surface area contributed by atoms with Crippen molar-refractivity contribution in [1.82, 2.24) is 10.2 Å². The first-order valence-electron chi connectivity index (χ1n) is 14.4. The second-order valence-corrected chi connectivity index (χ2v) is 10.4. The van der Waals surface area contributed by atoms with Crippen molar-refractivity contribution >= 4 is 12.0 Å². The molecule has 0 saturated carbocycles. The number of alkyl halides is 2. The van der Waals surface area contributed by atoms with Crippen molar-refractivity contribution in [3.63, 3.8) is 0 Å². The summed E-state index contributed by atoms with van der Waals surface area (Å²) in [7, 11) is 0. The molecule has 2 atom stereocenters. The lowest BCUT2D eigenvalue weighted by atomic mass is 9.90. The Morgan fingerprint density at radius 2 is 1.64 bits per heavy atom. The number of urea groups is 1. The number of nitrogens with zero attached hydrogens (tertiary/aromatic N) is 1. The Morgan fingerprint density at radius 1 is 1.07 bits per heavy atom. The van der Waals surface area contributed by atoms with Crippen LogP contribution in [0.25, 0.3) is 0 Å². The molecule has 0 spiro atoms. The highest BCUT2D eigenvalue weighted by Crippen LogP contribution is 2.39. The molecule has 232 valence electrons. The fourth-order valence-electron chi connectivity index (χ4n) is 5.16. The van der Waals surface area contributed by atoms with E-state index in [1.165, 1.54) is 17.0 Å². The number of carboxylic acids is 1. The molecule has 1 heterocycles. The van der Waals surface area contributed by atoms with E-state index in [0.717, 1.165) is 0 Å². The van der Waals surface area contributed by atoms with Gasteiger partial charge in [-0.25, -0.2) is 18.4 Å². The van der Waals surface area contributed by atoms with Gasteiger partial charge in [-0.05, 0) is 51.8 Å². The Balaban J connectivity index is 1.96. The maximum absolute atomic E-state index is 15.0. The number of hydrogen-bond acceptors (Lipinski definition) is 6. The minimum absolute atomic E-state index is 0.0504. The molecule has 3 rings (SSSR count). The number of nitrogens with one attached hydrogen (secondary N) is 1. The Hall–Kier alpha value is -3.44. The Morgan fingerprint density at radius 3 is 2.14 bits per heavy atom. The summed E-state index contributed by atoms with van der Waals surface area (Å²) in [5.41, 5.74) is -0.616. The number of amides is 2. The summed E-state index contributed by atoms with van der Waals surface area (Å²) in [6, 6.07) is 9.50. The molecule has 9 nitrogen and oxygen atoms in total. The zero-order valence-corrected chi connectivity index (χ0v) is 24.7. The molecule has 3 N–H and O–H groups in total. The molecule has 1 saturated heterocycles. The Bertz CT molecular complexity index is 1160. The Kier molecular flexibility index (Phi) is 11.5. The van der Waals surface area contributed by atoms with Crippen molar-refractivity contribution in [2.75, 3.05) is 33.0 Å². The third-order valence-electron chi connectivity index (χ3n) is 7.54. The predicted molar refractivity (Wildman–Crippen MR) is 153 cm³/mol. The van der Waals surface area contributed by atoms with E-state index in [4.69, 9.17) is 14.2 Å². The van der Waals surface area contributed by atoms with Crippen LogP contribution in [0.2, 0.25) is 0 Å². The average molecular weight is 593 g/mol. The average Bonchev–Trinajstić information content (AvgIpc) is 2.95. The number of aliphatic hydroxyl groups is 1. The van der Waals surface area contributed by atoms with Gasteiger partial charge in [-0.1, -0.05) is 30.3 Å². The van der Waals surface area contributed by atoms with Crippen molar-refractivity contribution in [3.8, 4) is 11.5 Å². The van der Waals surface area contributed by atoms with Gasteiger partial charge in [-0.2, -0.15) is 0 Å². The van der Waals surface area contributed by atoms with E-state index in [0.29, 0.717) is 35.8 Å². The highest BCUT2D eigenvalue weighted by atomic mass is 19.3. The minimum Gasteiger partial charge on any atom is -0.493 e. The molecule has 2 aromatic rings. The molecule has 0 aromatic heterocycles. The van der Waals surface area contributed by atoms with Crippen LogP contribution in [0.1, 0.15) is 82.2 Å². The number of hydrogen-bond donors (Lipinski definition) is 3. The SMILES string of the molecule is CCOc1cc([C@@H](C)N(CCCC(F)(F)c2ccccc2)C(=O)NC2(C(=O)O)CCOCC2)cc(OCC)c1C(C)O. The third-order valence-corrected chi connectivity index (χ3v) is 7.54. The standard InChI is InChI=1S/C31H42F2N2O7/c1-5-41-25-19-23(20-26(42-6-2)27(25)22(4)36)21(3)35(16-10-13-31(32,33)24-11-8-7-9-12-24)29(39)34-30(28(37)38)14-17-40-18-15-30/h7-9,11-12,19-22,36H,5-6,10,13-18H2,1-4H3,(H,34,39)(H,37,38)/t21-,22?/m1/s1. The summed E-state index contributed by atoms with van der Waals surface area (Å²) in [6.45, 7) is 7.81. The lowest BCUT2D eigenvalue weighted by Gasteiger charge is -2.38. The number of benzene rings is 2. The lowest BCUT2D eigenvalue weighted by molar-refractivity contribution is -0.148. The molecule has 1 aliphatic rings. The predicted octanol–water partition coefficient (Wildman–Crippen LogP) is 5.82. The third kappa shape index (κ3) is 7.89. The first kappa shape index (κ1) is 33.1. The molecular weight excluding hydrogens is 550 g/mol. The van der Waals surface area contributed by atoms with Gasteiger partial charge in [-0.15, -0.1) is 0 Å². The fourth-order valence-corrected chi connectivity index (χ4v) is 5.16. The van der Waals surface area contributed by atoms with Gasteiger partial charge >= 0.3 is 12.0 Å². The van der Waals surface area contributed by atoms with Crippen LogP contribution < -0.4 is 14.8 Å². The summed E-state index contributed by atoms with van der Waals surface area (Å²) >= 11 is 0. The van der Waals surface area contributed by atoms with Crippen LogP contribution in [0.5, 0.6) is 11.5 Å². The second-order valence-electron chi connectivity index (χ2n) is 10.4. The van der Waals surface area contributed by atoms with Gasteiger partial charge in [0.05, 0.1) is 30.9 Å². The van der Waals surface area contributed by atoms with E-state index >= 15 is 0 Å². The Labute approximate surface area is 245 Å². The number of aliphatic hydroxyl groups excluding tert-OH is 1. The second kappa shape index (κ2) is 14.6. The molecule has 2 aromatic carbocycles. The zero-order chi connectivity index (χ0) is 30.9. The monoisotopic (exact) mass is 592 g/mol. The van der Waals surface area contributed by atoms with Crippen molar-refractivity contribution in [2.24, 2.45) is 0 Å². The molecule has 42 heavy (non-hydrogen) atoms. The van der Waals surface area contributed by atoms with Crippen molar-refractivity contribution in [2.45, 2.75) is 77.0 Å². The summed E-state index contributed by atoms with van der Waals surface area (Å²) in [5, 5.41) is 23.1. The molecule has 0 aliphatic carbocycles. The maximum Gasteiger partial charge on any atom is 0.329 e. The maximum atomic E-state index is 15.0. The van der Waals surface area contributed by atoms with E-state index in [1.54, 1.807) is 58.0 Å². The van der Waals surface area contributed by atoms with Crippen LogP contribution >= 0.6 is 0 Å². The number of carboxylic acid groups (broad SMARTS) is 1. The van der Waals surface area contributed by atoms with Crippen LogP contribution in [0.3, 0.4) is 0 Å². The van der Waals surface area contributed by atoms with Gasteiger partial charge in [0.15, 0.2) is 0 Å². The van der Waals surface area contributed by atoms with Gasteiger partial charge in [0.1, 0.15) is 17.0 Å². The van der Waals surface area contributed by atoms with E-state index in [9.17, 15) is 28.6 Å². The van der Waals surface area contributed by atoms with Gasteiger partial charge in [0.2, 0.25) is 0 Å². The number of halogens is 2. The molecule has 11 heteroatoms. The van der Waals surface area contributed by atoms with Gasteiger partial charge in [-0.3, -0.25) is 0 Å². The van der Waals surface area contributed by atoms with E-state index in [-0.39, 0.29) is 44.6 Å². The van der Waals surface area contributed by atoms with Gasteiger partial charge < -0.3 is 34.6 Å². The number of carbonyl (C=O) groups excluding carboxylic acids is 1. The highest BCUT2D eigenvalue weighted by molar-refractivity contribution is 5.86. The quantitative estimate of drug-likeness (QED) is 0.253. The highest BCUT2D eigenvalue weighted by Gasteiger charge is 2.43. The van der Waals surface area contributed by atoms with Gasteiger partial charge in [0.25, 0.3) is 5.92 Å². The van der Waals surface area contributed by atoms with Gasteiger partial charge in [0, 0.05) is 44.6 Å². The molecule has 2 amide bonds. The molecular formula is C31H42F2N2O7. The fraction of sp³-hybridized carbons (Fsp3) is 0.548. The first-order valence-corrected chi connectivity index (χ1v) is 14.4. The van der Waals surface area contributed by atoms with Crippen molar-refractivity contribution in [1.29, 1.82) is 0 Å². The lowest BCUT2D eigenvalue weighted by Crippen LogP contribution is -2.60. The molecule has 1 aliphatic heterocycles. The van der Waals surface area contributed by atoms with Crippen molar-refractivity contribution in [3.05, 3.63) is 59.2 Å². The topological polar surface area (TPSA) is 118 Å². The largest absolute Gasteiger partial charge is 0.493 e. The first-order chi connectivity index (χ1) is 20.0. The number of rotatable bonds is 14.